The molecule has 0 saturated carbocycles. The molecule has 2 nitrogen and oxygen atoms in total. The number of Topliss-reactive ketones (excluding diaryl/α,β-unsaturated/α-hetero) is 1. The average molecular weight is 177 g/mol. The van der Waals surface area contributed by atoms with Crippen LogP contribution in [0.4, 0.5) is 0 Å². The van der Waals surface area contributed by atoms with Gasteiger partial charge in [0.05, 0.1) is 6.04 Å². The van der Waals surface area contributed by atoms with Crippen LogP contribution >= 0.6 is 13.5 Å². The Balaban J connectivity index is 0. The molecule has 0 rings (SSSR count). The molecule has 0 bridgehead atoms. The van der Waals surface area contributed by atoms with Crippen molar-refractivity contribution in [2.24, 2.45) is 0 Å². The summed E-state index contributed by atoms with van der Waals surface area (Å²) in [5, 5.41) is 3.17. The van der Waals surface area contributed by atoms with Gasteiger partial charge in [0.1, 0.15) is 5.78 Å². The largest absolute Gasteiger partial charge is 0.303 e. The van der Waals surface area contributed by atoms with Crippen LogP contribution < -0.4 is 5.32 Å². The third kappa shape index (κ3) is 7.88. The van der Waals surface area contributed by atoms with Crippen LogP contribution in [0.5, 0.6) is 0 Å². The molecule has 0 spiro atoms. The maximum absolute atomic E-state index is 10.8. The van der Waals surface area contributed by atoms with Gasteiger partial charge in [0.15, 0.2) is 0 Å². The van der Waals surface area contributed by atoms with Crippen molar-refractivity contribution in [1.82, 2.24) is 5.32 Å². The van der Waals surface area contributed by atoms with Crippen LogP contribution in [-0.2, 0) is 4.79 Å². The van der Waals surface area contributed by atoms with Crippen LogP contribution in [0.1, 0.15) is 34.6 Å². The molecule has 0 aromatic rings. The van der Waals surface area contributed by atoms with Gasteiger partial charge in [0, 0.05) is 5.54 Å². The first-order chi connectivity index (χ1) is 4.33. The number of carbonyl (C=O) groups is 1. The van der Waals surface area contributed by atoms with E-state index in [0.717, 1.165) is 0 Å². The molecule has 0 amide bonds. The van der Waals surface area contributed by atoms with Crippen molar-refractivity contribution >= 4 is 19.3 Å². The summed E-state index contributed by atoms with van der Waals surface area (Å²) in [6.45, 7) is 9.63. The fourth-order valence-corrected chi connectivity index (χ4v) is 0.751. The molecule has 68 valence electrons. The summed E-state index contributed by atoms with van der Waals surface area (Å²) in [5.74, 6) is 0.190. The van der Waals surface area contributed by atoms with Crippen LogP contribution in [0.3, 0.4) is 0 Å². The van der Waals surface area contributed by atoms with Crippen LogP contribution in [0, 0.1) is 0 Å². The highest BCUT2D eigenvalue weighted by atomic mass is 32.1. The lowest BCUT2D eigenvalue weighted by molar-refractivity contribution is -0.119. The topological polar surface area (TPSA) is 29.1 Å². The summed E-state index contributed by atoms with van der Waals surface area (Å²) in [5.41, 5.74) is 0.0328. The predicted molar refractivity (Wildman–Crippen MR) is 53.4 cm³/mol. The van der Waals surface area contributed by atoms with Crippen molar-refractivity contribution < 1.29 is 4.79 Å². The molecule has 0 aliphatic rings. The van der Waals surface area contributed by atoms with Gasteiger partial charge in [0.2, 0.25) is 0 Å². The minimum absolute atomic E-state index is 0. The van der Waals surface area contributed by atoms with Gasteiger partial charge in [-0.3, -0.25) is 4.79 Å². The lowest BCUT2D eigenvalue weighted by atomic mass is 10.1. The Bertz CT molecular complexity index is 129. The van der Waals surface area contributed by atoms with Crippen molar-refractivity contribution in [3.63, 3.8) is 0 Å². The third-order valence-corrected chi connectivity index (χ3v) is 1.26. The molecule has 0 unspecified atom stereocenters. The molecule has 0 radical (unpaired) electrons. The molecule has 3 heteroatoms. The monoisotopic (exact) mass is 177 g/mol. The van der Waals surface area contributed by atoms with Gasteiger partial charge < -0.3 is 5.32 Å². The molecule has 0 saturated heterocycles. The maximum Gasteiger partial charge on any atom is 0.146 e. The summed E-state index contributed by atoms with van der Waals surface area (Å²) in [7, 11) is 0. The third-order valence-electron chi connectivity index (χ3n) is 1.26. The summed E-state index contributed by atoms with van der Waals surface area (Å²) in [6, 6.07) is -0.0278. The second kappa shape index (κ2) is 4.78. The Morgan fingerprint density at radius 3 is 1.82 bits per heavy atom. The molecule has 0 fully saturated rings. The van der Waals surface area contributed by atoms with Gasteiger partial charge in [-0.15, -0.1) is 0 Å². The number of hydrogen-bond acceptors (Lipinski definition) is 2. The molecule has 0 aromatic carbocycles. The van der Waals surface area contributed by atoms with E-state index in [1.807, 2.05) is 27.7 Å². The van der Waals surface area contributed by atoms with E-state index in [4.69, 9.17) is 0 Å². The Morgan fingerprint density at radius 1 is 1.36 bits per heavy atom. The molecule has 0 aromatic heterocycles. The van der Waals surface area contributed by atoms with E-state index in [1.54, 1.807) is 6.92 Å². The fraction of sp³-hybridized carbons (Fsp3) is 0.875. The molecule has 1 N–H and O–H groups in total. The number of ketones is 1. The first-order valence-electron chi connectivity index (χ1n) is 3.61. The summed E-state index contributed by atoms with van der Waals surface area (Å²) >= 11 is 0. The van der Waals surface area contributed by atoms with Crippen LogP contribution in [0.2, 0.25) is 0 Å². The Kier molecular flexibility index (Phi) is 5.89. The van der Waals surface area contributed by atoms with Gasteiger partial charge in [-0.1, -0.05) is 0 Å². The Morgan fingerprint density at radius 2 is 1.73 bits per heavy atom. The Labute approximate surface area is 76.2 Å². The SMILES string of the molecule is CC(=O)[C@H](C)NC(C)(C)C.S. The van der Waals surface area contributed by atoms with E-state index >= 15 is 0 Å². The highest BCUT2D eigenvalue weighted by Crippen LogP contribution is 2.00. The molecular weight excluding hydrogens is 158 g/mol. The maximum atomic E-state index is 10.8. The van der Waals surface area contributed by atoms with Gasteiger partial charge >= 0.3 is 0 Å². The van der Waals surface area contributed by atoms with Crippen LogP contribution in [-0.4, -0.2) is 17.4 Å². The number of hydrogen-bond donors (Lipinski definition) is 1. The number of nitrogens with one attached hydrogen (secondary N) is 1. The highest BCUT2D eigenvalue weighted by molar-refractivity contribution is 7.59. The molecule has 1 atom stereocenters. The minimum atomic E-state index is -0.0278. The van der Waals surface area contributed by atoms with E-state index in [0.29, 0.717) is 0 Å². The van der Waals surface area contributed by atoms with Crippen molar-refractivity contribution in [2.75, 3.05) is 0 Å². The van der Waals surface area contributed by atoms with E-state index in [-0.39, 0.29) is 30.9 Å². The van der Waals surface area contributed by atoms with Crippen molar-refractivity contribution in [1.29, 1.82) is 0 Å². The zero-order valence-electron chi connectivity index (χ0n) is 7.99. The van der Waals surface area contributed by atoms with E-state index in [1.165, 1.54) is 0 Å². The van der Waals surface area contributed by atoms with Gasteiger partial charge in [-0.05, 0) is 34.6 Å². The number of rotatable bonds is 2. The first-order valence-corrected chi connectivity index (χ1v) is 3.61. The van der Waals surface area contributed by atoms with Gasteiger partial charge in [0.25, 0.3) is 0 Å². The smallest absolute Gasteiger partial charge is 0.146 e. The van der Waals surface area contributed by atoms with Gasteiger partial charge in [-0.2, -0.15) is 13.5 Å². The van der Waals surface area contributed by atoms with Crippen molar-refractivity contribution in [2.45, 2.75) is 46.2 Å². The summed E-state index contributed by atoms with van der Waals surface area (Å²) < 4.78 is 0. The molecule has 0 aliphatic carbocycles. The second-order valence-corrected chi connectivity index (χ2v) is 3.73. The zero-order chi connectivity index (χ0) is 8.36. The Hall–Kier alpha value is -0.0200. The quantitative estimate of drug-likeness (QED) is 0.692. The molecule has 0 heterocycles. The summed E-state index contributed by atoms with van der Waals surface area (Å²) in [4.78, 5) is 10.8. The highest BCUT2D eigenvalue weighted by Gasteiger charge is 2.15. The fourth-order valence-electron chi connectivity index (χ4n) is 0.751. The molecular formula is C8H19NOS. The van der Waals surface area contributed by atoms with Gasteiger partial charge in [-0.25, -0.2) is 0 Å². The number of carbonyl (C=O) groups excluding carboxylic acids is 1. The second-order valence-electron chi connectivity index (χ2n) is 3.73. The van der Waals surface area contributed by atoms with Crippen LogP contribution in [0.25, 0.3) is 0 Å². The average Bonchev–Trinajstić information content (AvgIpc) is 1.60. The summed E-state index contributed by atoms with van der Waals surface area (Å²) in [6.07, 6.45) is 0. The normalized spacial score (nSPS) is 13.5. The van der Waals surface area contributed by atoms with Crippen molar-refractivity contribution in [3.05, 3.63) is 0 Å². The minimum Gasteiger partial charge on any atom is -0.303 e. The van der Waals surface area contributed by atoms with Crippen molar-refractivity contribution in [3.8, 4) is 0 Å². The lowest BCUT2D eigenvalue weighted by Gasteiger charge is -2.24. The lowest BCUT2D eigenvalue weighted by Crippen LogP contribution is -2.45. The predicted octanol–water partition coefficient (Wildman–Crippen LogP) is 1.46. The van der Waals surface area contributed by atoms with E-state index in [2.05, 4.69) is 5.32 Å². The van der Waals surface area contributed by atoms with Crippen LogP contribution in [0.15, 0.2) is 0 Å². The standard InChI is InChI=1S/C8H17NO.H2S/c1-6(7(2)10)9-8(3,4)5;/h6,9H,1-5H3;1H2/t6-;/m0./s1. The van der Waals surface area contributed by atoms with E-state index < -0.39 is 0 Å². The molecule has 11 heavy (non-hydrogen) atoms. The first kappa shape index (κ1) is 13.6. The zero-order valence-corrected chi connectivity index (χ0v) is 8.99. The molecule has 0 aliphatic heterocycles. The van der Waals surface area contributed by atoms with E-state index in [9.17, 15) is 4.79 Å².